The first-order chi connectivity index (χ1) is 9.60. The third-order valence-corrected chi connectivity index (χ3v) is 4.47. The zero-order valence-electron chi connectivity index (χ0n) is 12.0. The standard InChI is InChI=1S/C15H19BrClN3/c1-4-8-20-15(12(16)9-19-20)14(18-3)11-6-5-7-13(17)10(11)2/h5-7,9,14,18H,4,8H2,1-3H3. The van der Waals surface area contributed by atoms with Crippen LogP contribution in [0.25, 0.3) is 0 Å². The van der Waals surface area contributed by atoms with Gasteiger partial charge in [0.1, 0.15) is 0 Å². The number of nitrogens with one attached hydrogen (secondary N) is 1. The van der Waals surface area contributed by atoms with E-state index in [0.29, 0.717) is 0 Å². The monoisotopic (exact) mass is 355 g/mol. The number of rotatable bonds is 5. The fourth-order valence-corrected chi connectivity index (χ4v) is 3.13. The Morgan fingerprint density at radius 3 is 2.85 bits per heavy atom. The van der Waals surface area contributed by atoms with Crippen molar-refractivity contribution in [2.75, 3.05) is 7.05 Å². The zero-order valence-corrected chi connectivity index (χ0v) is 14.3. The lowest BCUT2D eigenvalue weighted by atomic mass is 9.98. The molecule has 1 aromatic heterocycles. The molecular weight excluding hydrogens is 338 g/mol. The Balaban J connectivity index is 2.52. The Labute approximate surface area is 133 Å². The SMILES string of the molecule is CCCn1ncc(Br)c1C(NC)c1cccc(Cl)c1C. The molecule has 2 rings (SSSR count). The number of hydrogen-bond acceptors (Lipinski definition) is 2. The lowest BCUT2D eigenvalue weighted by molar-refractivity contribution is 0.532. The van der Waals surface area contributed by atoms with Crippen molar-refractivity contribution in [2.45, 2.75) is 32.9 Å². The first-order valence-corrected chi connectivity index (χ1v) is 7.90. The van der Waals surface area contributed by atoms with Crippen LogP contribution in [0.1, 0.15) is 36.2 Å². The van der Waals surface area contributed by atoms with Crippen LogP contribution in [0.5, 0.6) is 0 Å². The summed E-state index contributed by atoms with van der Waals surface area (Å²) < 4.78 is 3.07. The van der Waals surface area contributed by atoms with Crippen molar-refractivity contribution in [1.29, 1.82) is 0 Å². The van der Waals surface area contributed by atoms with E-state index < -0.39 is 0 Å². The highest BCUT2D eigenvalue weighted by Gasteiger charge is 2.22. The van der Waals surface area contributed by atoms with Crippen LogP contribution in [0, 0.1) is 6.92 Å². The summed E-state index contributed by atoms with van der Waals surface area (Å²) in [5.74, 6) is 0. The van der Waals surface area contributed by atoms with Gasteiger partial charge in [-0.1, -0.05) is 30.7 Å². The van der Waals surface area contributed by atoms with Crippen molar-refractivity contribution in [3.63, 3.8) is 0 Å². The van der Waals surface area contributed by atoms with Crippen molar-refractivity contribution in [3.8, 4) is 0 Å². The van der Waals surface area contributed by atoms with E-state index in [1.54, 1.807) is 0 Å². The number of hydrogen-bond donors (Lipinski definition) is 1. The minimum atomic E-state index is 0.0668. The second-order valence-electron chi connectivity index (χ2n) is 4.78. The van der Waals surface area contributed by atoms with Gasteiger partial charge >= 0.3 is 0 Å². The Hall–Kier alpha value is -0.840. The molecule has 1 aromatic carbocycles. The van der Waals surface area contributed by atoms with Crippen molar-refractivity contribution >= 4 is 27.5 Å². The lowest BCUT2D eigenvalue weighted by Crippen LogP contribution is -2.23. The molecule has 20 heavy (non-hydrogen) atoms. The van der Waals surface area contributed by atoms with E-state index in [9.17, 15) is 0 Å². The molecule has 0 spiro atoms. The van der Waals surface area contributed by atoms with Crippen LogP contribution in [0.15, 0.2) is 28.9 Å². The van der Waals surface area contributed by atoms with E-state index in [4.69, 9.17) is 11.6 Å². The Morgan fingerprint density at radius 1 is 1.45 bits per heavy atom. The molecular formula is C15H19BrClN3. The van der Waals surface area contributed by atoms with Crippen LogP contribution >= 0.6 is 27.5 Å². The molecule has 0 bridgehead atoms. The second kappa shape index (κ2) is 6.74. The number of nitrogens with zero attached hydrogens (tertiary/aromatic N) is 2. The maximum Gasteiger partial charge on any atom is 0.0760 e. The van der Waals surface area contributed by atoms with Gasteiger partial charge in [-0.3, -0.25) is 4.68 Å². The van der Waals surface area contributed by atoms with Crippen molar-refractivity contribution in [2.24, 2.45) is 0 Å². The number of benzene rings is 1. The summed E-state index contributed by atoms with van der Waals surface area (Å²) in [7, 11) is 1.96. The zero-order chi connectivity index (χ0) is 14.7. The van der Waals surface area contributed by atoms with Gasteiger partial charge in [-0.25, -0.2) is 0 Å². The fourth-order valence-electron chi connectivity index (χ4n) is 2.43. The van der Waals surface area contributed by atoms with Crippen LogP contribution < -0.4 is 5.32 Å². The lowest BCUT2D eigenvalue weighted by Gasteiger charge is -2.21. The Kier molecular flexibility index (Phi) is 5.24. The molecule has 5 heteroatoms. The summed E-state index contributed by atoms with van der Waals surface area (Å²) in [6, 6.07) is 6.09. The molecule has 0 aliphatic rings. The molecule has 0 aliphatic heterocycles. The van der Waals surface area contributed by atoms with Gasteiger partial charge in [0, 0.05) is 11.6 Å². The van der Waals surface area contributed by atoms with E-state index in [1.165, 1.54) is 5.56 Å². The van der Waals surface area contributed by atoms with Gasteiger partial charge in [0.25, 0.3) is 0 Å². The molecule has 108 valence electrons. The number of halogens is 2. The smallest absolute Gasteiger partial charge is 0.0760 e. The molecule has 0 saturated heterocycles. The molecule has 0 fully saturated rings. The van der Waals surface area contributed by atoms with Crippen LogP contribution in [0.2, 0.25) is 5.02 Å². The predicted molar refractivity (Wildman–Crippen MR) is 87.3 cm³/mol. The van der Waals surface area contributed by atoms with Gasteiger partial charge in [0.15, 0.2) is 0 Å². The topological polar surface area (TPSA) is 29.9 Å². The molecule has 2 aromatic rings. The quantitative estimate of drug-likeness (QED) is 0.864. The third-order valence-electron chi connectivity index (χ3n) is 3.45. The molecule has 1 unspecified atom stereocenters. The molecule has 1 heterocycles. The average molecular weight is 357 g/mol. The van der Waals surface area contributed by atoms with Crippen LogP contribution in [0.3, 0.4) is 0 Å². The van der Waals surface area contributed by atoms with Crippen LogP contribution in [-0.4, -0.2) is 16.8 Å². The average Bonchev–Trinajstić information content (AvgIpc) is 2.78. The maximum atomic E-state index is 6.26. The van der Waals surface area contributed by atoms with E-state index in [-0.39, 0.29) is 6.04 Å². The van der Waals surface area contributed by atoms with Gasteiger partial charge < -0.3 is 5.32 Å². The summed E-state index contributed by atoms with van der Waals surface area (Å²) in [5.41, 5.74) is 3.42. The molecule has 0 aliphatic carbocycles. The predicted octanol–water partition coefficient (Wildman–Crippen LogP) is 4.33. The molecule has 0 radical (unpaired) electrons. The van der Waals surface area contributed by atoms with Gasteiger partial charge in [-0.15, -0.1) is 0 Å². The summed E-state index contributed by atoms with van der Waals surface area (Å²) in [6.07, 6.45) is 2.90. The summed E-state index contributed by atoms with van der Waals surface area (Å²) >= 11 is 9.87. The first-order valence-electron chi connectivity index (χ1n) is 6.73. The normalized spacial score (nSPS) is 12.7. The van der Waals surface area contributed by atoms with Gasteiger partial charge in [-0.05, 0) is 53.5 Å². The minimum absolute atomic E-state index is 0.0668. The van der Waals surface area contributed by atoms with E-state index in [2.05, 4.69) is 46.3 Å². The van der Waals surface area contributed by atoms with Crippen molar-refractivity contribution in [1.82, 2.24) is 15.1 Å². The molecule has 0 saturated carbocycles. The highest BCUT2D eigenvalue weighted by molar-refractivity contribution is 9.10. The Morgan fingerprint density at radius 2 is 2.20 bits per heavy atom. The van der Waals surface area contributed by atoms with Gasteiger partial charge in [0.05, 0.1) is 22.4 Å². The molecule has 3 nitrogen and oxygen atoms in total. The van der Waals surface area contributed by atoms with E-state index >= 15 is 0 Å². The molecule has 1 N–H and O–H groups in total. The van der Waals surface area contributed by atoms with Crippen molar-refractivity contribution < 1.29 is 0 Å². The van der Waals surface area contributed by atoms with Gasteiger partial charge in [-0.2, -0.15) is 5.10 Å². The first kappa shape index (κ1) is 15.5. The molecule has 0 amide bonds. The molecule has 1 atom stereocenters. The minimum Gasteiger partial charge on any atom is -0.308 e. The highest BCUT2D eigenvalue weighted by Crippen LogP contribution is 2.32. The van der Waals surface area contributed by atoms with E-state index in [1.807, 2.05) is 30.1 Å². The fraction of sp³-hybridized carbons (Fsp3) is 0.400. The number of aryl methyl sites for hydroxylation is 1. The number of aromatic nitrogens is 2. The van der Waals surface area contributed by atoms with Crippen LogP contribution in [0.4, 0.5) is 0 Å². The second-order valence-corrected chi connectivity index (χ2v) is 6.04. The third kappa shape index (κ3) is 2.92. The summed E-state index contributed by atoms with van der Waals surface area (Å²) in [4.78, 5) is 0. The highest BCUT2D eigenvalue weighted by atomic mass is 79.9. The van der Waals surface area contributed by atoms with Crippen molar-refractivity contribution in [3.05, 3.63) is 50.7 Å². The largest absolute Gasteiger partial charge is 0.308 e. The van der Waals surface area contributed by atoms with Crippen LogP contribution in [-0.2, 0) is 6.54 Å². The van der Waals surface area contributed by atoms with E-state index in [0.717, 1.165) is 33.7 Å². The summed E-state index contributed by atoms with van der Waals surface area (Å²) in [6.45, 7) is 5.10. The maximum absolute atomic E-state index is 6.26. The Bertz CT molecular complexity index is 595. The summed E-state index contributed by atoms with van der Waals surface area (Å²) in [5, 5.41) is 8.62. The van der Waals surface area contributed by atoms with Gasteiger partial charge in [0.2, 0.25) is 0 Å².